The lowest BCUT2D eigenvalue weighted by molar-refractivity contribution is 0.0698. The third-order valence-corrected chi connectivity index (χ3v) is 4.39. The van der Waals surface area contributed by atoms with Gasteiger partial charge in [-0.15, -0.1) is 35.3 Å². The van der Waals surface area contributed by atoms with Crippen LogP contribution in [0.1, 0.15) is 28.9 Å². The molecule has 6 nitrogen and oxygen atoms in total. The monoisotopic (exact) mass is 470 g/mol. The smallest absolute Gasteiger partial charge is 0.190 e. The van der Waals surface area contributed by atoms with Crippen molar-refractivity contribution in [3.05, 3.63) is 15.6 Å². The number of halogens is 1. The maximum Gasteiger partial charge on any atom is 0.190 e. The van der Waals surface area contributed by atoms with Crippen LogP contribution < -0.4 is 10.6 Å². The van der Waals surface area contributed by atoms with E-state index in [1.165, 1.54) is 15.6 Å². The number of methoxy groups -OCH3 is 1. The Morgan fingerprint density at radius 1 is 1.21 bits per heavy atom. The Labute approximate surface area is 166 Å². The number of aromatic nitrogens is 1. The van der Waals surface area contributed by atoms with Gasteiger partial charge in [-0.05, 0) is 19.8 Å². The molecule has 0 aromatic carbocycles. The largest absolute Gasteiger partial charge is 0.382 e. The third kappa shape index (κ3) is 9.75. The second kappa shape index (κ2) is 14.9. The van der Waals surface area contributed by atoms with Crippen molar-refractivity contribution < 1.29 is 9.47 Å². The molecule has 0 fully saturated rings. The van der Waals surface area contributed by atoms with E-state index >= 15 is 0 Å². The number of rotatable bonds is 11. The van der Waals surface area contributed by atoms with Crippen LogP contribution in [0.15, 0.2) is 4.99 Å². The molecule has 0 saturated heterocycles. The average Bonchev–Trinajstić information content (AvgIpc) is 2.92. The molecular formula is C16H31IN4O2S. The first kappa shape index (κ1) is 23.5. The number of aliphatic imine (C=N–C) groups is 1. The highest BCUT2D eigenvalue weighted by molar-refractivity contribution is 14.0. The molecule has 8 heteroatoms. The summed E-state index contributed by atoms with van der Waals surface area (Å²) in [7, 11) is 3.46. The molecule has 0 aliphatic rings. The third-order valence-electron chi connectivity index (χ3n) is 3.32. The summed E-state index contributed by atoms with van der Waals surface area (Å²) in [5.41, 5.74) is 1.22. The molecule has 0 radical (unpaired) electrons. The van der Waals surface area contributed by atoms with Gasteiger partial charge in [0.15, 0.2) is 5.96 Å². The summed E-state index contributed by atoms with van der Waals surface area (Å²) >= 11 is 1.79. The van der Waals surface area contributed by atoms with Crippen molar-refractivity contribution in [1.82, 2.24) is 15.6 Å². The lowest BCUT2D eigenvalue weighted by atomic mass is 10.3. The van der Waals surface area contributed by atoms with Gasteiger partial charge in [-0.3, -0.25) is 4.99 Å². The molecule has 24 heavy (non-hydrogen) atoms. The number of nitrogens with zero attached hydrogens (tertiary/aromatic N) is 2. The molecule has 0 bridgehead atoms. The molecule has 1 rings (SSSR count). The zero-order valence-corrected chi connectivity index (χ0v) is 18.3. The Morgan fingerprint density at radius 2 is 1.96 bits per heavy atom. The molecule has 0 aliphatic carbocycles. The van der Waals surface area contributed by atoms with Crippen LogP contribution in [0, 0.1) is 6.92 Å². The second-order valence-electron chi connectivity index (χ2n) is 5.10. The standard InChI is InChI=1S/C16H30N4O2S.HI/c1-5-14-13(2)23-15(20-14)7-9-19-16(17-3)18-8-6-10-22-12-11-21-4;/h5-12H2,1-4H3,(H2,17,18,19);1H. The number of thiazole rings is 1. The topological polar surface area (TPSA) is 67.8 Å². The van der Waals surface area contributed by atoms with Crippen molar-refractivity contribution in [2.75, 3.05) is 47.1 Å². The van der Waals surface area contributed by atoms with E-state index in [4.69, 9.17) is 9.47 Å². The number of aryl methyl sites for hydroxylation is 2. The van der Waals surface area contributed by atoms with E-state index in [0.29, 0.717) is 13.2 Å². The van der Waals surface area contributed by atoms with E-state index in [0.717, 1.165) is 44.9 Å². The van der Waals surface area contributed by atoms with Crippen molar-refractivity contribution in [3.8, 4) is 0 Å². The molecule has 1 heterocycles. The Kier molecular flexibility index (Phi) is 14.6. The molecule has 1 aromatic rings. The van der Waals surface area contributed by atoms with Crippen molar-refractivity contribution in [1.29, 1.82) is 0 Å². The summed E-state index contributed by atoms with van der Waals surface area (Å²) in [6.07, 6.45) is 2.87. The Bertz CT molecular complexity index is 469. The van der Waals surface area contributed by atoms with E-state index in [2.05, 4.69) is 34.5 Å². The summed E-state index contributed by atoms with van der Waals surface area (Å²) in [5, 5.41) is 7.79. The first-order valence-electron chi connectivity index (χ1n) is 8.17. The van der Waals surface area contributed by atoms with Gasteiger partial charge < -0.3 is 20.1 Å². The molecule has 2 N–H and O–H groups in total. The van der Waals surface area contributed by atoms with Crippen LogP contribution in [0.25, 0.3) is 0 Å². The number of hydrogen-bond acceptors (Lipinski definition) is 5. The lowest BCUT2D eigenvalue weighted by Crippen LogP contribution is -2.39. The van der Waals surface area contributed by atoms with Gasteiger partial charge in [-0.1, -0.05) is 6.92 Å². The Hall–Kier alpha value is -0.450. The molecule has 0 aliphatic heterocycles. The van der Waals surface area contributed by atoms with Gasteiger partial charge >= 0.3 is 0 Å². The molecule has 0 atom stereocenters. The lowest BCUT2D eigenvalue weighted by Gasteiger charge is -2.11. The van der Waals surface area contributed by atoms with E-state index in [-0.39, 0.29) is 24.0 Å². The highest BCUT2D eigenvalue weighted by atomic mass is 127. The van der Waals surface area contributed by atoms with Crippen LogP contribution in [-0.2, 0) is 22.3 Å². The quantitative estimate of drug-likeness (QED) is 0.225. The van der Waals surface area contributed by atoms with Gasteiger partial charge in [0.1, 0.15) is 0 Å². The summed E-state index contributed by atoms with van der Waals surface area (Å²) in [6, 6.07) is 0. The Balaban J connectivity index is 0.00000529. The van der Waals surface area contributed by atoms with Gasteiger partial charge in [-0.25, -0.2) is 4.98 Å². The van der Waals surface area contributed by atoms with E-state index in [1.54, 1.807) is 25.5 Å². The molecule has 140 valence electrons. The van der Waals surface area contributed by atoms with E-state index in [9.17, 15) is 0 Å². The minimum Gasteiger partial charge on any atom is -0.382 e. The van der Waals surface area contributed by atoms with Gasteiger partial charge in [0.25, 0.3) is 0 Å². The summed E-state index contributed by atoms with van der Waals surface area (Å²) in [5.74, 6) is 0.825. The molecule has 0 saturated carbocycles. The fourth-order valence-corrected chi connectivity index (χ4v) is 3.08. The van der Waals surface area contributed by atoms with Crippen molar-refractivity contribution in [2.45, 2.75) is 33.1 Å². The second-order valence-corrected chi connectivity index (χ2v) is 6.39. The van der Waals surface area contributed by atoms with Crippen molar-refractivity contribution in [3.63, 3.8) is 0 Å². The highest BCUT2D eigenvalue weighted by Gasteiger charge is 2.05. The molecule has 1 aromatic heterocycles. The predicted molar refractivity (Wildman–Crippen MR) is 112 cm³/mol. The van der Waals surface area contributed by atoms with Gasteiger partial charge in [0, 0.05) is 45.2 Å². The summed E-state index contributed by atoms with van der Waals surface area (Å²) in [4.78, 5) is 10.2. The maximum absolute atomic E-state index is 5.42. The molecular weight excluding hydrogens is 439 g/mol. The van der Waals surface area contributed by atoms with Gasteiger partial charge in [0.05, 0.1) is 23.9 Å². The van der Waals surface area contributed by atoms with Crippen LogP contribution in [-0.4, -0.2) is 58.0 Å². The van der Waals surface area contributed by atoms with Crippen molar-refractivity contribution >= 4 is 41.3 Å². The van der Waals surface area contributed by atoms with Crippen LogP contribution in [0.3, 0.4) is 0 Å². The van der Waals surface area contributed by atoms with Crippen LogP contribution in [0.4, 0.5) is 0 Å². The van der Waals surface area contributed by atoms with Crippen LogP contribution >= 0.6 is 35.3 Å². The minimum atomic E-state index is 0. The minimum absolute atomic E-state index is 0. The van der Waals surface area contributed by atoms with Crippen molar-refractivity contribution in [2.24, 2.45) is 4.99 Å². The summed E-state index contributed by atoms with van der Waals surface area (Å²) < 4.78 is 10.3. The molecule has 0 spiro atoms. The zero-order chi connectivity index (χ0) is 16.9. The number of hydrogen-bond donors (Lipinski definition) is 2. The average molecular weight is 470 g/mol. The van der Waals surface area contributed by atoms with Gasteiger partial charge in [-0.2, -0.15) is 0 Å². The zero-order valence-electron chi connectivity index (χ0n) is 15.2. The number of guanidine groups is 1. The fraction of sp³-hybridized carbons (Fsp3) is 0.750. The maximum atomic E-state index is 5.42. The normalized spacial score (nSPS) is 11.2. The Morgan fingerprint density at radius 3 is 2.58 bits per heavy atom. The molecule has 0 amide bonds. The highest BCUT2D eigenvalue weighted by Crippen LogP contribution is 2.17. The summed E-state index contributed by atoms with van der Waals surface area (Å²) in [6.45, 7) is 7.98. The molecule has 0 unspecified atom stereocenters. The first-order valence-corrected chi connectivity index (χ1v) is 8.99. The van der Waals surface area contributed by atoms with Crippen LogP contribution in [0.5, 0.6) is 0 Å². The van der Waals surface area contributed by atoms with E-state index in [1.807, 2.05) is 0 Å². The SMILES string of the molecule is CCc1nc(CCNC(=NC)NCCCOCCOC)sc1C.I. The predicted octanol–water partition coefficient (Wildman–Crippen LogP) is 2.39. The number of ether oxygens (including phenoxy) is 2. The first-order chi connectivity index (χ1) is 11.2. The fourth-order valence-electron chi connectivity index (χ4n) is 2.06. The van der Waals surface area contributed by atoms with Gasteiger partial charge in [0.2, 0.25) is 0 Å². The van der Waals surface area contributed by atoms with Crippen LogP contribution in [0.2, 0.25) is 0 Å². The van der Waals surface area contributed by atoms with E-state index < -0.39 is 0 Å². The number of nitrogens with one attached hydrogen (secondary N) is 2.